The fraction of sp³-hybridized carbons (Fsp3) is 0.350. The Morgan fingerprint density at radius 2 is 1.79 bits per heavy atom. The Kier molecular flexibility index (Phi) is 6.24. The number of carbonyl (C=O) groups is 1. The van der Waals surface area contributed by atoms with Crippen molar-refractivity contribution in [2.45, 2.75) is 33.8 Å². The predicted octanol–water partition coefficient (Wildman–Crippen LogP) is 4.76. The van der Waals surface area contributed by atoms with E-state index in [2.05, 4.69) is 19.2 Å². The van der Waals surface area contributed by atoms with Gasteiger partial charge in [0.15, 0.2) is 0 Å². The second-order valence-electron chi connectivity index (χ2n) is 6.35. The highest BCUT2D eigenvalue weighted by Crippen LogP contribution is 2.22. The molecule has 2 rings (SSSR count). The Hall–Kier alpha value is -2.49. The van der Waals surface area contributed by atoms with E-state index in [0.717, 1.165) is 5.75 Å². The molecule has 1 amide bonds. The topological polar surface area (TPSA) is 47.6 Å². The van der Waals surface area contributed by atoms with E-state index in [1.807, 2.05) is 56.3 Å². The maximum absolute atomic E-state index is 12.6. The fourth-order valence-electron chi connectivity index (χ4n) is 2.15. The number of nitrogens with one attached hydrogen (secondary N) is 1. The minimum Gasteiger partial charge on any atom is -0.492 e. The average molecular weight is 327 g/mol. The Morgan fingerprint density at radius 3 is 2.50 bits per heavy atom. The highest BCUT2D eigenvalue weighted by molar-refractivity contribution is 6.06. The smallest absolute Gasteiger partial charge is 0.259 e. The van der Waals surface area contributed by atoms with Crippen molar-refractivity contribution in [3.8, 4) is 11.5 Å². The first-order valence-electron chi connectivity index (χ1n) is 8.25. The summed E-state index contributed by atoms with van der Waals surface area (Å²) in [6.45, 7) is 8.65. The molecule has 1 N–H and O–H groups in total. The first-order chi connectivity index (χ1) is 11.5. The summed E-state index contributed by atoms with van der Waals surface area (Å²) in [5.74, 6) is 1.52. The van der Waals surface area contributed by atoms with Gasteiger partial charge in [-0.2, -0.15) is 0 Å². The Morgan fingerprint density at radius 1 is 1.04 bits per heavy atom. The molecule has 4 heteroatoms. The minimum absolute atomic E-state index is 0.0844. The molecule has 0 spiro atoms. The summed E-state index contributed by atoms with van der Waals surface area (Å²) >= 11 is 0. The standard InChI is InChI=1S/C20H25NO3/c1-14(2)13-23-19-11-6-5-10-18(19)20(22)21-16-8-7-9-17(12-16)24-15(3)4/h5-12,14-15H,13H2,1-4H3,(H,21,22). The number of hydrogen-bond acceptors (Lipinski definition) is 3. The molecular formula is C20H25NO3. The first kappa shape index (κ1) is 17.9. The van der Waals surface area contributed by atoms with Gasteiger partial charge in [-0.05, 0) is 44.0 Å². The molecule has 4 nitrogen and oxygen atoms in total. The molecule has 0 aromatic heterocycles. The van der Waals surface area contributed by atoms with Gasteiger partial charge in [0.25, 0.3) is 5.91 Å². The number of benzene rings is 2. The monoisotopic (exact) mass is 327 g/mol. The lowest BCUT2D eigenvalue weighted by Gasteiger charge is -2.14. The van der Waals surface area contributed by atoms with Gasteiger partial charge >= 0.3 is 0 Å². The highest BCUT2D eigenvalue weighted by atomic mass is 16.5. The lowest BCUT2D eigenvalue weighted by atomic mass is 10.1. The van der Waals surface area contributed by atoms with Crippen LogP contribution in [0, 0.1) is 5.92 Å². The number of anilines is 1. The normalized spacial score (nSPS) is 10.8. The van der Waals surface area contributed by atoms with Gasteiger partial charge in [0.2, 0.25) is 0 Å². The van der Waals surface area contributed by atoms with Gasteiger partial charge in [0.05, 0.1) is 18.3 Å². The zero-order valence-corrected chi connectivity index (χ0v) is 14.7. The van der Waals surface area contributed by atoms with E-state index in [-0.39, 0.29) is 12.0 Å². The van der Waals surface area contributed by atoms with Gasteiger partial charge < -0.3 is 14.8 Å². The molecule has 0 heterocycles. The molecule has 0 unspecified atom stereocenters. The maximum atomic E-state index is 12.6. The molecule has 0 aliphatic rings. The van der Waals surface area contributed by atoms with Crippen molar-refractivity contribution in [2.24, 2.45) is 5.92 Å². The van der Waals surface area contributed by atoms with Gasteiger partial charge in [-0.3, -0.25) is 4.79 Å². The highest BCUT2D eigenvalue weighted by Gasteiger charge is 2.13. The van der Waals surface area contributed by atoms with Crippen molar-refractivity contribution in [3.05, 3.63) is 54.1 Å². The number of hydrogen-bond donors (Lipinski definition) is 1. The molecule has 0 atom stereocenters. The van der Waals surface area contributed by atoms with Gasteiger partial charge in [-0.1, -0.05) is 32.0 Å². The number of carbonyl (C=O) groups excluding carboxylic acids is 1. The molecule has 2 aromatic rings. The molecule has 0 saturated heterocycles. The fourth-order valence-corrected chi connectivity index (χ4v) is 2.15. The summed E-state index contributed by atoms with van der Waals surface area (Å²) in [7, 11) is 0. The molecule has 24 heavy (non-hydrogen) atoms. The van der Waals surface area contributed by atoms with Crippen LogP contribution >= 0.6 is 0 Å². The van der Waals surface area contributed by atoms with Crippen molar-refractivity contribution < 1.29 is 14.3 Å². The second kappa shape index (κ2) is 8.39. The third-order valence-electron chi connectivity index (χ3n) is 3.17. The van der Waals surface area contributed by atoms with Crippen LogP contribution in [-0.2, 0) is 0 Å². The van der Waals surface area contributed by atoms with Crippen LogP contribution in [0.5, 0.6) is 11.5 Å². The second-order valence-corrected chi connectivity index (χ2v) is 6.35. The van der Waals surface area contributed by atoms with Crippen LogP contribution in [0.2, 0.25) is 0 Å². The van der Waals surface area contributed by atoms with E-state index in [4.69, 9.17) is 9.47 Å². The van der Waals surface area contributed by atoms with Crippen molar-refractivity contribution in [2.75, 3.05) is 11.9 Å². The molecule has 0 bridgehead atoms. The molecule has 128 valence electrons. The zero-order valence-electron chi connectivity index (χ0n) is 14.7. The SMILES string of the molecule is CC(C)COc1ccccc1C(=O)Nc1cccc(OC(C)C)c1. The molecule has 0 aliphatic carbocycles. The van der Waals surface area contributed by atoms with E-state index in [9.17, 15) is 4.79 Å². The van der Waals surface area contributed by atoms with Gasteiger partial charge in [0.1, 0.15) is 11.5 Å². The van der Waals surface area contributed by atoms with E-state index in [1.165, 1.54) is 0 Å². The first-order valence-corrected chi connectivity index (χ1v) is 8.25. The number of para-hydroxylation sites is 1. The lowest BCUT2D eigenvalue weighted by molar-refractivity contribution is 0.102. The number of amides is 1. The van der Waals surface area contributed by atoms with Crippen LogP contribution in [0.4, 0.5) is 5.69 Å². The van der Waals surface area contributed by atoms with Crippen LogP contribution in [0.25, 0.3) is 0 Å². The van der Waals surface area contributed by atoms with Crippen LogP contribution in [0.3, 0.4) is 0 Å². The molecule has 0 saturated carbocycles. The van der Waals surface area contributed by atoms with Crippen LogP contribution in [-0.4, -0.2) is 18.6 Å². The van der Waals surface area contributed by atoms with Crippen molar-refractivity contribution >= 4 is 11.6 Å². The predicted molar refractivity (Wildman–Crippen MR) is 96.9 cm³/mol. The molecule has 0 radical (unpaired) electrons. The van der Waals surface area contributed by atoms with Gasteiger partial charge in [-0.25, -0.2) is 0 Å². The summed E-state index contributed by atoms with van der Waals surface area (Å²) < 4.78 is 11.4. The molecule has 0 fully saturated rings. The third kappa shape index (κ3) is 5.30. The van der Waals surface area contributed by atoms with E-state index in [1.54, 1.807) is 6.07 Å². The Balaban J connectivity index is 2.12. The molecular weight excluding hydrogens is 302 g/mol. The summed E-state index contributed by atoms with van der Waals surface area (Å²) in [5.41, 5.74) is 1.21. The lowest BCUT2D eigenvalue weighted by Crippen LogP contribution is -2.15. The number of ether oxygens (including phenoxy) is 2. The van der Waals surface area contributed by atoms with E-state index in [0.29, 0.717) is 29.5 Å². The third-order valence-corrected chi connectivity index (χ3v) is 3.17. The van der Waals surface area contributed by atoms with Crippen LogP contribution in [0.1, 0.15) is 38.1 Å². The van der Waals surface area contributed by atoms with E-state index >= 15 is 0 Å². The average Bonchev–Trinajstić information content (AvgIpc) is 2.53. The summed E-state index contributed by atoms with van der Waals surface area (Å²) in [6.07, 6.45) is 0.0844. The van der Waals surface area contributed by atoms with Gasteiger partial charge in [-0.15, -0.1) is 0 Å². The Bertz CT molecular complexity index is 680. The summed E-state index contributed by atoms with van der Waals surface area (Å²) in [5, 5.41) is 2.90. The van der Waals surface area contributed by atoms with Crippen LogP contribution < -0.4 is 14.8 Å². The summed E-state index contributed by atoms with van der Waals surface area (Å²) in [4.78, 5) is 12.6. The van der Waals surface area contributed by atoms with Crippen molar-refractivity contribution in [1.29, 1.82) is 0 Å². The van der Waals surface area contributed by atoms with E-state index < -0.39 is 0 Å². The minimum atomic E-state index is -0.198. The largest absolute Gasteiger partial charge is 0.492 e. The molecule has 0 aliphatic heterocycles. The number of rotatable bonds is 7. The molecule has 2 aromatic carbocycles. The maximum Gasteiger partial charge on any atom is 0.259 e. The van der Waals surface area contributed by atoms with Gasteiger partial charge in [0, 0.05) is 11.8 Å². The van der Waals surface area contributed by atoms with Crippen molar-refractivity contribution in [3.63, 3.8) is 0 Å². The Labute approximate surface area is 143 Å². The van der Waals surface area contributed by atoms with Crippen LogP contribution in [0.15, 0.2) is 48.5 Å². The van der Waals surface area contributed by atoms with Crippen molar-refractivity contribution in [1.82, 2.24) is 0 Å². The zero-order chi connectivity index (χ0) is 17.5. The summed E-state index contributed by atoms with van der Waals surface area (Å²) in [6, 6.07) is 14.6. The quantitative estimate of drug-likeness (QED) is 0.797.